The summed E-state index contributed by atoms with van der Waals surface area (Å²) in [6, 6.07) is 0. The molecular formula is C4H9NO4. The maximum absolute atomic E-state index is 10.1. The number of aldehydes is 1. The normalized spacial score (nSPS) is 11.4. The van der Waals surface area contributed by atoms with Crippen LogP contribution in [0, 0.1) is 0 Å². The number of nitrogens with two attached hydrogens (primary N) is 1. The van der Waals surface area contributed by atoms with E-state index in [1.807, 2.05) is 0 Å². The van der Waals surface area contributed by atoms with Crippen molar-refractivity contribution in [2.45, 2.75) is 5.97 Å². The van der Waals surface area contributed by atoms with Gasteiger partial charge < -0.3 is 9.47 Å². The third-order valence-corrected chi connectivity index (χ3v) is 0.878. The minimum atomic E-state index is -1.74. The molecule has 0 bridgehead atoms. The van der Waals surface area contributed by atoms with Crippen molar-refractivity contribution in [3.05, 3.63) is 0 Å². The lowest BCUT2D eigenvalue weighted by atomic mass is 10.6. The van der Waals surface area contributed by atoms with E-state index >= 15 is 0 Å². The van der Waals surface area contributed by atoms with E-state index in [0.717, 1.165) is 0 Å². The molecule has 0 radical (unpaired) electrons. The Hall–Kier alpha value is -0.490. The molecule has 0 spiro atoms. The highest BCUT2D eigenvalue weighted by atomic mass is 16.9. The van der Waals surface area contributed by atoms with Crippen LogP contribution in [0.5, 0.6) is 0 Å². The van der Waals surface area contributed by atoms with Gasteiger partial charge in [0.05, 0.1) is 0 Å². The van der Waals surface area contributed by atoms with E-state index < -0.39 is 5.97 Å². The molecule has 0 aliphatic rings. The first kappa shape index (κ1) is 8.51. The largest absolute Gasteiger partial charge is 0.358 e. The number of methoxy groups -OCH3 is 2. The predicted molar refractivity (Wildman–Crippen MR) is 28.1 cm³/mol. The van der Waals surface area contributed by atoms with Crippen LogP contribution in [0.3, 0.4) is 0 Å². The summed E-state index contributed by atoms with van der Waals surface area (Å²) >= 11 is 0. The van der Waals surface area contributed by atoms with Gasteiger partial charge in [0.2, 0.25) is 6.29 Å². The summed E-state index contributed by atoms with van der Waals surface area (Å²) < 4.78 is 8.90. The quantitative estimate of drug-likeness (QED) is 0.305. The Labute approximate surface area is 52.6 Å². The molecule has 0 saturated carbocycles. The van der Waals surface area contributed by atoms with Gasteiger partial charge >= 0.3 is 5.97 Å². The fourth-order valence-corrected chi connectivity index (χ4v) is 0.304. The lowest BCUT2D eigenvalue weighted by Crippen LogP contribution is -2.41. The minimum Gasteiger partial charge on any atom is -0.324 e. The maximum Gasteiger partial charge on any atom is 0.358 e. The molecule has 0 heterocycles. The highest BCUT2D eigenvalue weighted by Crippen LogP contribution is 2.04. The van der Waals surface area contributed by atoms with Crippen LogP contribution in [0.15, 0.2) is 0 Å². The van der Waals surface area contributed by atoms with Gasteiger partial charge in [0.25, 0.3) is 0 Å². The average molecular weight is 135 g/mol. The van der Waals surface area contributed by atoms with Crippen molar-refractivity contribution in [1.82, 2.24) is 0 Å². The molecule has 0 aromatic heterocycles. The predicted octanol–water partition coefficient (Wildman–Crippen LogP) is -0.978. The summed E-state index contributed by atoms with van der Waals surface area (Å²) in [5.74, 6) is 2.92. The third-order valence-electron chi connectivity index (χ3n) is 0.878. The fraction of sp³-hybridized carbons (Fsp3) is 0.750. The van der Waals surface area contributed by atoms with E-state index in [9.17, 15) is 4.79 Å². The van der Waals surface area contributed by atoms with Crippen molar-refractivity contribution in [1.29, 1.82) is 0 Å². The minimum absolute atomic E-state index is 0.312. The first-order valence-corrected chi connectivity index (χ1v) is 2.19. The van der Waals surface area contributed by atoms with Gasteiger partial charge in [0.1, 0.15) is 0 Å². The van der Waals surface area contributed by atoms with Gasteiger partial charge in [-0.15, -0.1) is 0 Å². The zero-order chi connectivity index (χ0) is 7.33. The molecule has 0 atom stereocenters. The van der Waals surface area contributed by atoms with Gasteiger partial charge in [0.15, 0.2) is 0 Å². The van der Waals surface area contributed by atoms with Crippen LogP contribution in [0.1, 0.15) is 0 Å². The number of ether oxygens (including phenoxy) is 2. The molecule has 0 amide bonds. The smallest absolute Gasteiger partial charge is 0.324 e. The Morgan fingerprint density at radius 3 is 1.89 bits per heavy atom. The fourth-order valence-electron chi connectivity index (χ4n) is 0.304. The first-order valence-electron chi connectivity index (χ1n) is 2.19. The second-order valence-corrected chi connectivity index (χ2v) is 1.25. The second kappa shape index (κ2) is 3.52. The summed E-state index contributed by atoms with van der Waals surface area (Å²) in [5, 5.41) is 0. The van der Waals surface area contributed by atoms with Crippen LogP contribution in [0.25, 0.3) is 0 Å². The van der Waals surface area contributed by atoms with Gasteiger partial charge in [-0.3, -0.25) is 4.79 Å². The summed E-state index contributed by atoms with van der Waals surface area (Å²) in [4.78, 5) is 14.1. The molecule has 0 aliphatic carbocycles. The van der Waals surface area contributed by atoms with E-state index in [1.165, 1.54) is 14.2 Å². The monoisotopic (exact) mass is 135 g/mol. The summed E-state index contributed by atoms with van der Waals surface area (Å²) in [5.41, 5.74) is 0. The second-order valence-electron chi connectivity index (χ2n) is 1.25. The van der Waals surface area contributed by atoms with E-state index in [-0.39, 0.29) is 0 Å². The van der Waals surface area contributed by atoms with Gasteiger partial charge in [-0.05, 0) is 0 Å². The zero-order valence-corrected chi connectivity index (χ0v) is 5.29. The van der Waals surface area contributed by atoms with Crippen LogP contribution in [0.4, 0.5) is 0 Å². The molecule has 5 nitrogen and oxygen atoms in total. The summed E-state index contributed by atoms with van der Waals surface area (Å²) in [6.07, 6.45) is 0.312. The van der Waals surface area contributed by atoms with Gasteiger partial charge in [0, 0.05) is 14.2 Å². The molecule has 0 aromatic carbocycles. The highest BCUT2D eigenvalue weighted by Gasteiger charge is 2.29. The van der Waals surface area contributed by atoms with Crippen LogP contribution >= 0.6 is 0 Å². The summed E-state index contributed by atoms with van der Waals surface area (Å²) in [6.45, 7) is 0. The average Bonchev–Trinajstić information content (AvgIpc) is 1.95. The molecule has 5 heteroatoms. The Bertz CT molecular complexity index is 82.3. The molecule has 0 saturated heterocycles. The Morgan fingerprint density at radius 1 is 1.44 bits per heavy atom. The SMILES string of the molecule is COC(C=O)(OC)ON. The Balaban J connectivity index is 3.98. The molecule has 0 aliphatic heterocycles. The topological polar surface area (TPSA) is 70.8 Å². The molecule has 2 N–H and O–H groups in total. The van der Waals surface area contributed by atoms with Crippen LogP contribution in [-0.4, -0.2) is 26.5 Å². The van der Waals surface area contributed by atoms with Crippen LogP contribution in [-0.2, 0) is 19.1 Å². The highest BCUT2D eigenvalue weighted by molar-refractivity contribution is 5.57. The standard InChI is InChI=1S/C4H9NO4/c1-7-4(3-6,8-2)9-5/h3H,5H2,1-2H3. The van der Waals surface area contributed by atoms with Gasteiger partial charge in [-0.1, -0.05) is 0 Å². The molecule has 9 heavy (non-hydrogen) atoms. The number of hydrogen-bond acceptors (Lipinski definition) is 5. The lowest BCUT2D eigenvalue weighted by Gasteiger charge is -2.20. The molecular weight excluding hydrogens is 126 g/mol. The van der Waals surface area contributed by atoms with Crippen molar-refractivity contribution in [3.8, 4) is 0 Å². The zero-order valence-electron chi connectivity index (χ0n) is 5.29. The van der Waals surface area contributed by atoms with Crippen molar-refractivity contribution in [2.24, 2.45) is 5.90 Å². The van der Waals surface area contributed by atoms with E-state index in [0.29, 0.717) is 6.29 Å². The van der Waals surface area contributed by atoms with Crippen molar-refractivity contribution < 1.29 is 19.1 Å². The molecule has 0 unspecified atom stereocenters. The third kappa shape index (κ3) is 1.72. The number of carbonyl (C=O) groups excluding carboxylic acids is 1. The van der Waals surface area contributed by atoms with Crippen molar-refractivity contribution in [3.63, 3.8) is 0 Å². The van der Waals surface area contributed by atoms with Gasteiger partial charge in [-0.2, -0.15) is 0 Å². The van der Waals surface area contributed by atoms with E-state index in [4.69, 9.17) is 0 Å². The number of rotatable bonds is 4. The number of hydrogen-bond donors (Lipinski definition) is 1. The molecule has 0 fully saturated rings. The van der Waals surface area contributed by atoms with Crippen LogP contribution in [0.2, 0.25) is 0 Å². The molecule has 54 valence electrons. The Morgan fingerprint density at radius 2 is 1.89 bits per heavy atom. The van der Waals surface area contributed by atoms with E-state index in [1.54, 1.807) is 0 Å². The van der Waals surface area contributed by atoms with Crippen molar-refractivity contribution >= 4 is 6.29 Å². The molecule has 0 rings (SSSR count). The van der Waals surface area contributed by atoms with E-state index in [2.05, 4.69) is 20.2 Å². The molecule has 0 aromatic rings. The maximum atomic E-state index is 10.1. The first-order chi connectivity index (χ1) is 4.24. The van der Waals surface area contributed by atoms with Gasteiger partial charge in [-0.25, -0.2) is 10.7 Å². The Kier molecular flexibility index (Phi) is 3.33. The number of carbonyl (C=O) groups is 1. The summed E-state index contributed by atoms with van der Waals surface area (Å²) in [7, 11) is 2.48. The van der Waals surface area contributed by atoms with Crippen LogP contribution < -0.4 is 5.90 Å². The van der Waals surface area contributed by atoms with Crippen molar-refractivity contribution in [2.75, 3.05) is 14.2 Å². The lowest BCUT2D eigenvalue weighted by molar-refractivity contribution is -0.330.